The van der Waals surface area contributed by atoms with Gasteiger partial charge in [0.2, 0.25) is 0 Å². The third-order valence-electron chi connectivity index (χ3n) is 7.46. The Labute approximate surface area is 297 Å². The Morgan fingerprint density at radius 1 is 0.706 bits per heavy atom. The minimum absolute atomic E-state index is 0.0256. The first-order valence-corrected chi connectivity index (χ1v) is 16.9. The van der Waals surface area contributed by atoms with Crippen molar-refractivity contribution < 1.29 is 47.7 Å². The second-order valence-corrected chi connectivity index (χ2v) is 12.5. The summed E-state index contributed by atoms with van der Waals surface area (Å²) in [6.07, 6.45) is -0.459. The molecular weight excluding hydrogens is 660 g/mol. The fraction of sp³-hybridized carbons (Fsp3) is 0.432. The van der Waals surface area contributed by atoms with Gasteiger partial charge in [0.1, 0.15) is 18.8 Å². The topological polar surface area (TPSA) is 171 Å². The SMILES string of the molecule is CC(C)(C)OC(=O)NCCOCCOCCN1C(=O)c2cccc3c(NCCCC(=O)OCCNC(=O)OCc4ccccc4)ccc(c23)C1=O. The highest BCUT2D eigenvalue weighted by molar-refractivity contribution is 6.26. The number of ether oxygens (including phenoxy) is 5. The average molecular weight is 707 g/mol. The van der Waals surface area contributed by atoms with Crippen LogP contribution in [0.3, 0.4) is 0 Å². The van der Waals surface area contributed by atoms with Gasteiger partial charge in [-0.2, -0.15) is 0 Å². The normalized spacial score (nSPS) is 12.4. The van der Waals surface area contributed by atoms with Crippen LogP contribution in [0.15, 0.2) is 60.7 Å². The summed E-state index contributed by atoms with van der Waals surface area (Å²) in [6, 6.07) is 18.1. The standard InChI is InChI=1S/C37H46N4O10/c1-37(2,3)51-36(46)40-17-20-47-23-24-48-22-19-41-33(43)28-12-7-11-27-30(15-14-29(32(27)28)34(41)44)38-16-8-13-31(42)49-21-18-39-35(45)50-25-26-9-5-4-6-10-26/h4-7,9-12,14-15,38H,8,13,16-25H2,1-3H3,(H,39,45)(H,40,46). The minimum Gasteiger partial charge on any atom is -0.464 e. The summed E-state index contributed by atoms with van der Waals surface area (Å²) in [5.41, 5.74) is 1.88. The van der Waals surface area contributed by atoms with Crippen molar-refractivity contribution in [1.82, 2.24) is 15.5 Å². The van der Waals surface area contributed by atoms with Crippen LogP contribution in [0.2, 0.25) is 0 Å². The number of esters is 1. The second-order valence-electron chi connectivity index (χ2n) is 12.5. The number of hydrogen-bond acceptors (Lipinski definition) is 11. The Bertz CT molecular complexity index is 1640. The van der Waals surface area contributed by atoms with Crippen molar-refractivity contribution in [2.75, 3.05) is 64.5 Å². The molecule has 3 N–H and O–H groups in total. The number of alkyl carbamates (subject to hydrolysis) is 2. The van der Waals surface area contributed by atoms with Crippen molar-refractivity contribution in [2.24, 2.45) is 0 Å². The fourth-order valence-electron chi connectivity index (χ4n) is 5.14. The zero-order valence-corrected chi connectivity index (χ0v) is 29.3. The van der Waals surface area contributed by atoms with Crippen LogP contribution in [0, 0.1) is 0 Å². The van der Waals surface area contributed by atoms with Crippen LogP contribution in [0.25, 0.3) is 10.8 Å². The first kappa shape index (κ1) is 38.6. The van der Waals surface area contributed by atoms with Crippen LogP contribution in [0.1, 0.15) is 59.9 Å². The van der Waals surface area contributed by atoms with E-state index in [4.69, 9.17) is 23.7 Å². The smallest absolute Gasteiger partial charge is 0.407 e. The maximum absolute atomic E-state index is 13.4. The van der Waals surface area contributed by atoms with Gasteiger partial charge in [-0.1, -0.05) is 42.5 Å². The summed E-state index contributed by atoms with van der Waals surface area (Å²) in [4.78, 5) is 63.5. The summed E-state index contributed by atoms with van der Waals surface area (Å²) in [5.74, 6) is -1.19. The van der Waals surface area contributed by atoms with Crippen LogP contribution in [-0.2, 0) is 35.1 Å². The lowest BCUT2D eigenvalue weighted by Crippen LogP contribution is -2.42. The molecule has 0 bridgehead atoms. The summed E-state index contributed by atoms with van der Waals surface area (Å²) in [5, 5.41) is 9.76. The van der Waals surface area contributed by atoms with Gasteiger partial charge >= 0.3 is 18.2 Å². The van der Waals surface area contributed by atoms with Crippen molar-refractivity contribution >= 4 is 46.4 Å². The Balaban J connectivity index is 1.13. The van der Waals surface area contributed by atoms with Gasteiger partial charge in [0, 0.05) is 47.1 Å². The summed E-state index contributed by atoms with van der Waals surface area (Å²) in [6.45, 7) is 7.44. The van der Waals surface area contributed by atoms with E-state index < -0.39 is 35.6 Å². The number of carbonyl (C=O) groups is 5. The number of imide groups is 1. The monoisotopic (exact) mass is 706 g/mol. The molecule has 1 aliphatic rings. The quantitative estimate of drug-likeness (QED) is 0.0686. The van der Waals surface area contributed by atoms with Gasteiger partial charge in [-0.15, -0.1) is 0 Å². The number of nitrogens with one attached hydrogen (secondary N) is 3. The summed E-state index contributed by atoms with van der Waals surface area (Å²) in [7, 11) is 0. The molecule has 0 aromatic heterocycles. The number of carbonyl (C=O) groups excluding carboxylic acids is 5. The van der Waals surface area contributed by atoms with E-state index in [9.17, 15) is 24.0 Å². The Hall–Kier alpha value is -5.21. The highest BCUT2D eigenvalue weighted by Crippen LogP contribution is 2.34. The van der Waals surface area contributed by atoms with Crippen molar-refractivity contribution in [3.05, 3.63) is 77.4 Å². The molecule has 51 heavy (non-hydrogen) atoms. The number of amides is 4. The van der Waals surface area contributed by atoms with Gasteiger partial charge < -0.3 is 39.6 Å². The Kier molecular flexibility index (Phi) is 14.6. The van der Waals surface area contributed by atoms with E-state index in [0.717, 1.165) is 16.6 Å². The molecule has 0 atom stereocenters. The third kappa shape index (κ3) is 12.3. The maximum Gasteiger partial charge on any atom is 0.407 e. The molecule has 0 fully saturated rings. The lowest BCUT2D eigenvalue weighted by molar-refractivity contribution is -0.143. The van der Waals surface area contributed by atoms with Crippen LogP contribution < -0.4 is 16.0 Å². The molecule has 14 nitrogen and oxygen atoms in total. The number of rotatable bonds is 19. The zero-order valence-electron chi connectivity index (χ0n) is 29.3. The number of anilines is 1. The van der Waals surface area contributed by atoms with Crippen LogP contribution in [-0.4, -0.2) is 99.7 Å². The third-order valence-corrected chi connectivity index (χ3v) is 7.46. The van der Waals surface area contributed by atoms with Gasteiger partial charge in [-0.05, 0) is 51.0 Å². The van der Waals surface area contributed by atoms with E-state index in [1.54, 1.807) is 45.0 Å². The highest BCUT2D eigenvalue weighted by Gasteiger charge is 2.33. The molecule has 1 aliphatic heterocycles. The number of nitrogens with zero attached hydrogens (tertiary/aromatic N) is 1. The van der Waals surface area contributed by atoms with E-state index in [1.807, 2.05) is 36.4 Å². The number of benzene rings is 3. The lowest BCUT2D eigenvalue weighted by atomic mass is 9.93. The molecule has 0 aliphatic carbocycles. The average Bonchev–Trinajstić information content (AvgIpc) is 3.10. The van der Waals surface area contributed by atoms with E-state index in [1.165, 1.54) is 4.90 Å². The van der Waals surface area contributed by atoms with Crippen molar-refractivity contribution in [3.63, 3.8) is 0 Å². The molecule has 1 heterocycles. The molecule has 0 saturated carbocycles. The van der Waals surface area contributed by atoms with E-state index in [2.05, 4.69) is 16.0 Å². The van der Waals surface area contributed by atoms with Crippen molar-refractivity contribution in [2.45, 2.75) is 45.8 Å². The van der Waals surface area contributed by atoms with Gasteiger partial charge in [-0.3, -0.25) is 19.3 Å². The maximum atomic E-state index is 13.4. The van der Waals surface area contributed by atoms with Crippen molar-refractivity contribution in [3.8, 4) is 0 Å². The first-order valence-electron chi connectivity index (χ1n) is 16.9. The zero-order chi connectivity index (χ0) is 36.6. The van der Waals surface area contributed by atoms with Gasteiger partial charge in [0.05, 0.1) is 39.5 Å². The van der Waals surface area contributed by atoms with E-state index in [-0.39, 0.29) is 59.2 Å². The molecule has 0 spiro atoms. The Morgan fingerprint density at radius 3 is 2.14 bits per heavy atom. The molecule has 3 aromatic rings. The minimum atomic E-state index is -0.591. The fourth-order valence-corrected chi connectivity index (χ4v) is 5.14. The van der Waals surface area contributed by atoms with Gasteiger partial charge in [0.15, 0.2) is 0 Å². The number of hydrogen-bond donors (Lipinski definition) is 3. The molecule has 0 unspecified atom stereocenters. The predicted octanol–water partition coefficient (Wildman–Crippen LogP) is 4.66. The largest absolute Gasteiger partial charge is 0.464 e. The summed E-state index contributed by atoms with van der Waals surface area (Å²) >= 11 is 0. The molecule has 3 aromatic carbocycles. The highest BCUT2D eigenvalue weighted by atomic mass is 16.6. The molecule has 14 heteroatoms. The van der Waals surface area contributed by atoms with Crippen LogP contribution in [0.5, 0.6) is 0 Å². The second kappa shape index (κ2) is 19.3. The van der Waals surface area contributed by atoms with Gasteiger partial charge in [-0.25, -0.2) is 9.59 Å². The molecule has 0 radical (unpaired) electrons. The molecule has 0 saturated heterocycles. The molecular formula is C37H46N4O10. The molecule has 4 rings (SSSR count). The first-order chi connectivity index (χ1) is 24.5. The molecule has 4 amide bonds. The summed E-state index contributed by atoms with van der Waals surface area (Å²) < 4.78 is 26.5. The van der Waals surface area contributed by atoms with E-state index >= 15 is 0 Å². The van der Waals surface area contributed by atoms with Crippen molar-refractivity contribution in [1.29, 1.82) is 0 Å². The molecule has 274 valence electrons. The van der Waals surface area contributed by atoms with E-state index in [0.29, 0.717) is 36.0 Å². The Morgan fingerprint density at radius 2 is 1.39 bits per heavy atom. The van der Waals surface area contributed by atoms with Crippen LogP contribution in [0.4, 0.5) is 15.3 Å². The lowest BCUT2D eigenvalue weighted by Gasteiger charge is -2.27. The predicted molar refractivity (Wildman–Crippen MR) is 189 cm³/mol. The van der Waals surface area contributed by atoms with Gasteiger partial charge in [0.25, 0.3) is 11.8 Å². The van der Waals surface area contributed by atoms with Crippen LogP contribution >= 0.6 is 0 Å².